The molecule has 0 radical (unpaired) electrons. The van der Waals surface area contributed by atoms with Crippen molar-refractivity contribution in [2.45, 2.75) is 6.92 Å². The van der Waals surface area contributed by atoms with E-state index in [9.17, 15) is 14.9 Å². The fraction of sp³-hybridized carbons (Fsp3) is 0.0870. The van der Waals surface area contributed by atoms with Crippen molar-refractivity contribution in [1.29, 1.82) is 5.26 Å². The van der Waals surface area contributed by atoms with Crippen molar-refractivity contribution >= 4 is 70.0 Å². The van der Waals surface area contributed by atoms with Crippen molar-refractivity contribution in [2.24, 2.45) is 0 Å². The fourth-order valence-corrected chi connectivity index (χ4v) is 3.28. The van der Waals surface area contributed by atoms with Crippen molar-refractivity contribution in [3.8, 4) is 6.07 Å². The van der Waals surface area contributed by atoms with Gasteiger partial charge in [0.2, 0.25) is 5.88 Å². The molecule has 33 heavy (non-hydrogen) atoms. The highest BCUT2D eigenvalue weighted by Crippen LogP contribution is 2.36. The summed E-state index contributed by atoms with van der Waals surface area (Å²) in [5.41, 5.74) is 0.577. The zero-order valence-electron chi connectivity index (χ0n) is 17.1. The van der Waals surface area contributed by atoms with Gasteiger partial charge in [0.05, 0.1) is 6.61 Å². The van der Waals surface area contributed by atoms with E-state index >= 15 is 0 Å². The van der Waals surface area contributed by atoms with Crippen LogP contribution in [0.1, 0.15) is 23.0 Å². The molecule has 10 heteroatoms. The number of ether oxygens (including phenoxy) is 1. The van der Waals surface area contributed by atoms with E-state index in [-0.39, 0.29) is 34.4 Å². The van der Waals surface area contributed by atoms with E-state index in [4.69, 9.17) is 44.0 Å². The van der Waals surface area contributed by atoms with E-state index in [1.165, 1.54) is 6.07 Å². The predicted molar refractivity (Wildman–Crippen MR) is 128 cm³/mol. The minimum atomic E-state index is -0.732. The van der Waals surface area contributed by atoms with Crippen LogP contribution in [0.15, 0.2) is 58.5 Å². The molecule has 168 valence electrons. The summed E-state index contributed by atoms with van der Waals surface area (Å²) in [5, 5.41) is 15.8. The van der Waals surface area contributed by atoms with E-state index in [1.54, 1.807) is 55.5 Å². The summed E-state index contributed by atoms with van der Waals surface area (Å²) in [5.74, 6) is -1.53. The fourth-order valence-electron chi connectivity index (χ4n) is 2.70. The van der Waals surface area contributed by atoms with Gasteiger partial charge in [0.15, 0.2) is 5.76 Å². The molecule has 0 aliphatic heterocycles. The number of carbonyl (C=O) groups is 2. The third-order valence-electron chi connectivity index (χ3n) is 4.18. The van der Waals surface area contributed by atoms with E-state index in [1.807, 2.05) is 0 Å². The number of esters is 1. The Bertz CT molecular complexity index is 1260. The second kappa shape index (κ2) is 10.9. The molecule has 1 heterocycles. The molecule has 1 aromatic heterocycles. The Morgan fingerprint density at radius 1 is 1.09 bits per heavy atom. The second-order valence-corrected chi connectivity index (χ2v) is 7.72. The Balaban J connectivity index is 1.97. The number of benzene rings is 2. The molecule has 0 bridgehead atoms. The number of halogens is 3. The number of hydrogen-bond acceptors (Lipinski definition) is 6. The Morgan fingerprint density at radius 3 is 2.45 bits per heavy atom. The first-order valence-electron chi connectivity index (χ1n) is 9.53. The van der Waals surface area contributed by atoms with Gasteiger partial charge in [-0.15, -0.1) is 0 Å². The lowest BCUT2D eigenvalue weighted by Crippen LogP contribution is -2.13. The lowest BCUT2D eigenvalue weighted by molar-refractivity contribution is -0.112. The summed E-state index contributed by atoms with van der Waals surface area (Å²) >= 11 is 18.2. The Hall–Kier alpha value is -3.44. The molecule has 3 rings (SSSR count). The third kappa shape index (κ3) is 6.08. The number of nitrogens with zero attached hydrogens (tertiary/aromatic N) is 1. The smallest absolute Gasteiger partial charge is 0.345 e. The first kappa shape index (κ1) is 24.2. The van der Waals surface area contributed by atoms with Gasteiger partial charge in [0, 0.05) is 27.5 Å². The molecule has 0 unspecified atom stereocenters. The minimum absolute atomic E-state index is 0.0143. The first-order chi connectivity index (χ1) is 15.8. The number of hydrogen-bond donors (Lipinski definition) is 2. The lowest BCUT2D eigenvalue weighted by atomic mass is 10.2. The number of nitrogens with one attached hydrogen (secondary N) is 2. The standard InChI is InChI=1S/C23H16Cl3N3O4/c1-2-32-23(31)19-20(26)18(33-22(19)29-16-8-6-14(24)7-9-16)10-13(12-27)21(30)28-17-5-3-4-15(25)11-17/h3-11,29H,2H2,1H3,(H,28,30)/b13-10+. The van der Waals surface area contributed by atoms with Crippen LogP contribution in [0.4, 0.5) is 17.3 Å². The third-order valence-corrected chi connectivity index (χ3v) is 5.04. The quantitative estimate of drug-likeness (QED) is 0.211. The highest BCUT2D eigenvalue weighted by Gasteiger charge is 2.26. The van der Waals surface area contributed by atoms with Gasteiger partial charge in [-0.05, 0) is 49.4 Å². The van der Waals surface area contributed by atoms with E-state index in [0.717, 1.165) is 6.08 Å². The largest absolute Gasteiger partial charge is 0.462 e. The summed E-state index contributed by atoms with van der Waals surface area (Å²) in [7, 11) is 0. The second-order valence-electron chi connectivity index (χ2n) is 6.47. The molecule has 1 amide bonds. The average Bonchev–Trinajstić information content (AvgIpc) is 3.08. The van der Waals surface area contributed by atoms with Gasteiger partial charge >= 0.3 is 5.97 Å². The van der Waals surface area contributed by atoms with Crippen molar-refractivity contribution in [2.75, 3.05) is 17.2 Å². The number of rotatable bonds is 7. The Labute approximate surface area is 204 Å². The molecule has 0 fully saturated rings. The van der Waals surface area contributed by atoms with Gasteiger partial charge < -0.3 is 19.8 Å². The molecule has 7 nitrogen and oxygen atoms in total. The maximum atomic E-state index is 12.6. The van der Waals surface area contributed by atoms with Crippen molar-refractivity contribution in [3.63, 3.8) is 0 Å². The van der Waals surface area contributed by atoms with Crippen LogP contribution in [-0.2, 0) is 9.53 Å². The normalized spacial score (nSPS) is 10.9. The van der Waals surface area contributed by atoms with Crippen LogP contribution in [0.5, 0.6) is 0 Å². The summed E-state index contributed by atoms with van der Waals surface area (Å²) in [6, 6.07) is 14.9. The number of nitriles is 1. The molecule has 0 spiro atoms. The number of carbonyl (C=O) groups excluding carboxylic acids is 2. The first-order valence-corrected chi connectivity index (χ1v) is 10.7. The molecule has 0 atom stereocenters. The van der Waals surface area contributed by atoms with E-state index in [0.29, 0.717) is 21.4 Å². The van der Waals surface area contributed by atoms with Crippen LogP contribution >= 0.6 is 34.8 Å². The van der Waals surface area contributed by atoms with Crippen LogP contribution in [0, 0.1) is 11.3 Å². The van der Waals surface area contributed by atoms with Gasteiger partial charge in [0.1, 0.15) is 22.2 Å². The molecular weight excluding hydrogens is 489 g/mol. The molecule has 2 N–H and O–H groups in total. The predicted octanol–water partition coefficient (Wildman–Crippen LogP) is 6.71. The molecule has 0 aliphatic carbocycles. The van der Waals surface area contributed by atoms with Crippen LogP contribution in [0.2, 0.25) is 15.1 Å². The van der Waals surface area contributed by atoms with E-state index in [2.05, 4.69) is 10.6 Å². The van der Waals surface area contributed by atoms with Crippen LogP contribution in [-0.4, -0.2) is 18.5 Å². The van der Waals surface area contributed by atoms with Gasteiger partial charge in [-0.1, -0.05) is 40.9 Å². The zero-order chi connectivity index (χ0) is 24.0. The highest BCUT2D eigenvalue weighted by atomic mass is 35.5. The molecule has 3 aromatic rings. The lowest BCUT2D eigenvalue weighted by Gasteiger charge is -2.06. The topological polar surface area (TPSA) is 104 Å². The molecule has 2 aromatic carbocycles. The minimum Gasteiger partial charge on any atom is -0.462 e. The number of amides is 1. The Kier molecular flexibility index (Phi) is 8.01. The van der Waals surface area contributed by atoms with Gasteiger partial charge in [-0.3, -0.25) is 4.79 Å². The molecule has 0 aliphatic rings. The highest BCUT2D eigenvalue weighted by molar-refractivity contribution is 6.36. The monoisotopic (exact) mass is 503 g/mol. The SMILES string of the molecule is CCOC(=O)c1c(Nc2ccc(Cl)cc2)oc(/C=C(\C#N)C(=O)Nc2cccc(Cl)c2)c1Cl. The average molecular weight is 505 g/mol. The van der Waals surface area contributed by atoms with Gasteiger partial charge in [-0.25, -0.2) is 4.79 Å². The molecule has 0 saturated heterocycles. The van der Waals surface area contributed by atoms with Gasteiger partial charge in [-0.2, -0.15) is 5.26 Å². The van der Waals surface area contributed by atoms with Crippen molar-refractivity contribution < 1.29 is 18.7 Å². The number of anilines is 3. The van der Waals surface area contributed by atoms with Crippen LogP contribution in [0.3, 0.4) is 0 Å². The summed E-state index contributed by atoms with van der Waals surface area (Å²) in [6.07, 6.45) is 1.14. The zero-order valence-corrected chi connectivity index (χ0v) is 19.4. The summed E-state index contributed by atoms with van der Waals surface area (Å²) < 4.78 is 10.8. The molecule has 0 saturated carbocycles. The van der Waals surface area contributed by atoms with Crippen LogP contribution in [0.25, 0.3) is 6.08 Å². The molecular formula is C23H16Cl3N3O4. The summed E-state index contributed by atoms with van der Waals surface area (Å²) in [6.45, 7) is 1.75. The maximum absolute atomic E-state index is 12.6. The Morgan fingerprint density at radius 2 is 1.82 bits per heavy atom. The van der Waals surface area contributed by atoms with Gasteiger partial charge in [0.25, 0.3) is 5.91 Å². The maximum Gasteiger partial charge on any atom is 0.345 e. The van der Waals surface area contributed by atoms with Crippen molar-refractivity contribution in [3.05, 3.63) is 80.5 Å². The van der Waals surface area contributed by atoms with Crippen LogP contribution < -0.4 is 10.6 Å². The number of furan rings is 1. The van der Waals surface area contributed by atoms with E-state index < -0.39 is 11.9 Å². The van der Waals surface area contributed by atoms with Crippen molar-refractivity contribution in [1.82, 2.24) is 0 Å². The summed E-state index contributed by atoms with van der Waals surface area (Å²) in [4.78, 5) is 25.1.